The van der Waals surface area contributed by atoms with Gasteiger partial charge in [0.05, 0.1) is 10.4 Å². The third-order valence-electron chi connectivity index (χ3n) is 4.09. The van der Waals surface area contributed by atoms with Gasteiger partial charge in [-0.05, 0) is 30.4 Å². The van der Waals surface area contributed by atoms with Crippen LogP contribution in [0.2, 0.25) is 0 Å². The minimum absolute atomic E-state index is 0.0501. The van der Waals surface area contributed by atoms with E-state index in [1.54, 1.807) is 11.3 Å². The van der Waals surface area contributed by atoms with E-state index in [2.05, 4.69) is 33.4 Å². The highest BCUT2D eigenvalue weighted by Crippen LogP contribution is 2.31. The van der Waals surface area contributed by atoms with Crippen molar-refractivity contribution in [1.29, 1.82) is 0 Å². The Kier molecular flexibility index (Phi) is 4.13. The number of rotatable bonds is 3. The molecule has 1 aliphatic carbocycles. The first-order valence-electron chi connectivity index (χ1n) is 7.09. The third kappa shape index (κ3) is 2.77. The Bertz CT molecular complexity index is 583. The molecule has 0 bridgehead atoms. The van der Waals surface area contributed by atoms with E-state index in [-0.39, 0.29) is 11.4 Å². The van der Waals surface area contributed by atoms with Crippen LogP contribution in [0.5, 0.6) is 0 Å². The molecule has 1 heterocycles. The highest BCUT2D eigenvalue weighted by Gasteiger charge is 2.33. The van der Waals surface area contributed by atoms with E-state index < -0.39 is 0 Å². The predicted octanol–water partition coefficient (Wildman–Crippen LogP) is 4.73. The minimum Gasteiger partial charge on any atom is -0.345 e. The monoisotopic (exact) mass is 351 g/mol. The Morgan fingerprint density at radius 3 is 2.70 bits per heavy atom. The number of alkyl halides is 1. The molecule has 1 aliphatic rings. The van der Waals surface area contributed by atoms with Gasteiger partial charge in [0, 0.05) is 10.0 Å². The Hall–Kier alpha value is -0.870. The van der Waals surface area contributed by atoms with Gasteiger partial charge in [0.25, 0.3) is 5.91 Å². The molecule has 1 amide bonds. The number of carbonyl (C=O) groups excluding carboxylic acids is 1. The molecule has 20 heavy (non-hydrogen) atoms. The second kappa shape index (κ2) is 5.86. The van der Waals surface area contributed by atoms with Crippen LogP contribution in [-0.2, 0) is 0 Å². The molecule has 2 aromatic rings. The van der Waals surface area contributed by atoms with E-state index in [1.807, 2.05) is 18.2 Å². The van der Waals surface area contributed by atoms with Gasteiger partial charge in [-0.3, -0.25) is 4.79 Å². The molecule has 0 radical (unpaired) electrons. The van der Waals surface area contributed by atoms with Crippen molar-refractivity contribution >= 4 is 43.3 Å². The highest BCUT2D eigenvalue weighted by atomic mass is 79.9. The van der Waals surface area contributed by atoms with E-state index >= 15 is 0 Å². The standard InChI is InChI=1S/C16H18BrNOS/c17-11-16(8-4-1-5-9-16)18-15(19)14-10-12-6-2-3-7-13(12)20-14/h2-3,6-7,10H,1,4-5,8-9,11H2,(H,18,19). The zero-order valence-electron chi connectivity index (χ0n) is 11.3. The Balaban J connectivity index is 1.81. The van der Waals surface area contributed by atoms with Crippen molar-refractivity contribution in [3.05, 3.63) is 35.2 Å². The average Bonchev–Trinajstić information content (AvgIpc) is 2.92. The fraction of sp³-hybridized carbons (Fsp3) is 0.438. The molecule has 4 heteroatoms. The number of nitrogens with one attached hydrogen (secondary N) is 1. The van der Waals surface area contributed by atoms with Gasteiger partial charge in [0.15, 0.2) is 0 Å². The maximum Gasteiger partial charge on any atom is 0.261 e. The molecule has 2 nitrogen and oxygen atoms in total. The summed E-state index contributed by atoms with van der Waals surface area (Å²) in [6.07, 6.45) is 5.86. The first-order valence-corrected chi connectivity index (χ1v) is 9.03. The van der Waals surface area contributed by atoms with Crippen molar-refractivity contribution in [2.75, 3.05) is 5.33 Å². The summed E-state index contributed by atoms with van der Waals surface area (Å²) in [7, 11) is 0. The van der Waals surface area contributed by atoms with Gasteiger partial charge in [0.1, 0.15) is 0 Å². The maximum atomic E-state index is 12.5. The van der Waals surface area contributed by atoms with Crippen LogP contribution in [0.4, 0.5) is 0 Å². The van der Waals surface area contributed by atoms with Gasteiger partial charge in [-0.15, -0.1) is 11.3 Å². The summed E-state index contributed by atoms with van der Waals surface area (Å²) < 4.78 is 1.18. The molecule has 1 saturated carbocycles. The van der Waals surface area contributed by atoms with Crippen molar-refractivity contribution in [1.82, 2.24) is 5.32 Å². The lowest BCUT2D eigenvalue weighted by Crippen LogP contribution is -2.51. The molecule has 106 valence electrons. The summed E-state index contributed by atoms with van der Waals surface area (Å²) >= 11 is 5.17. The lowest BCUT2D eigenvalue weighted by Gasteiger charge is -2.36. The van der Waals surface area contributed by atoms with Gasteiger partial charge in [-0.25, -0.2) is 0 Å². The third-order valence-corrected chi connectivity index (χ3v) is 6.28. The summed E-state index contributed by atoms with van der Waals surface area (Å²) in [5.74, 6) is 0.0764. The first-order chi connectivity index (χ1) is 9.72. The Morgan fingerprint density at radius 2 is 2.00 bits per heavy atom. The van der Waals surface area contributed by atoms with Gasteiger partial charge in [0.2, 0.25) is 0 Å². The van der Waals surface area contributed by atoms with Gasteiger partial charge in [-0.1, -0.05) is 53.4 Å². The summed E-state index contributed by atoms with van der Waals surface area (Å²) in [6, 6.07) is 10.2. The number of thiophene rings is 1. The van der Waals surface area contributed by atoms with Crippen LogP contribution in [0.3, 0.4) is 0 Å². The molecule has 1 aromatic heterocycles. The first kappa shape index (κ1) is 14.1. The zero-order chi connectivity index (χ0) is 14.0. The summed E-state index contributed by atoms with van der Waals surface area (Å²) in [5, 5.41) is 5.28. The SMILES string of the molecule is O=C(NC1(CBr)CCCCC1)c1cc2ccccc2s1. The van der Waals surface area contributed by atoms with Crippen molar-refractivity contribution in [2.24, 2.45) is 0 Å². The van der Waals surface area contributed by atoms with Crippen LogP contribution in [0.1, 0.15) is 41.8 Å². The van der Waals surface area contributed by atoms with Crippen LogP contribution < -0.4 is 5.32 Å². The van der Waals surface area contributed by atoms with Gasteiger partial charge >= 0.3 is 0 Å². The van der Waals surface area contributed by atoms with Crippen LogP contribution >= 0.6 is 27.3 Å². The Morgan fingerprint density at radius 1 is 1.25 bits per heavy atom. The lowest BCUT2D eigenvalue weighted by atomic mass is 9.83. The van der Waals surface area contributed by atoms with Crippen LogP contribution in [-0.4, -0.2) is 16.8 Å². The van der Waals surface area contributed by atoms with E-state index in [1.165, 1.54) is 24.0 Å². The second-order valence-corrected chi connectivity index (χ2v) is 7.22. The fourth-order valence-electron chi connectivity index (χ4n) is 2.92. The fourth-order valence-corrected chi connectivity index (χ4v) is 4.58. The molecule has 0 unspecified atom stereocenters. The van der Waals surface area contributed by atoms with Crippen LogP contribution in [0, 0.1) is 0 Å². The molecule has 0 spiro atoms. The molecule has 1 N–H and O–H groups in total. The highest BCUT2D eigenvalue weighted by molar-refractivity contribution is 9.09. The van der Waals surface area contributed by atoms with Crippen molar-refractivity contribution in [3.8, 4) is 0 Å². The van der Waals surface area contributed by atoms with Crippen molar-refractivity contribution in [3.63, 3.8) is 0 Å². The number of hydrogen-bond donors (Lipinski definition) is 1. The van der Waals surface area contributed by atoms with Crippen molar-refractivity contribution < 1.29 is 4.79 Å². The van der Waals surface area contributed by atoms with Crippen molar-refractivity contribution in [2.45, 2.75) is 37.6 Å². The normalized spacial score (nSPS) is 18.1. The number of hydrogen-bond acceptors (Lipinski definition) is 2. The van der Waals surface area contributed by atoms with E-state index in [4.69, 9.17) is 0 Å². The number of benzene rings is 1. The van der Waals surface area contributed by atoms with E-state index in [9.17, 15) is 4.79 Å². The number of amides is 1. The molecular weight excluding hydrogens is 334 g/mol. The zero-order valence-corrected chi connectivity index (χ0v) is 13.7. The van der Waals surface area contributed by atoms with Gasteiger partial charge in [-0.2, -0.15) is 0 Å². The molecule has 0 saturated heterocycles. The topological polar surface area (TPSA) is 29.1 Å². The second-order valence-electron chi connectivity index (χ2n) is 5.58. The number of carbonyl (C=O) groups is 1. The van der Waals surface area contributed by atoms with E-state index in [0.29, 0.717) is 0 Å². The summed E-state index contributed by atoms with van der Waals surface area (Å²) in [5.41, 5.74) is -0.0501. The van der Waals surface area contributed by atoms with Gasteiger partial charge < -0.3 is 5.32 Å². The average molecular weight is 352 g/mol. The molecule has 0 aliphatic heterocycles. The molecular formula is C16H18BrNOS. The molecule has 0 atom stereocenters. The minimum atomic E-state index is -0.0501. The van der Waals surface area contributed by atoms with E-state index in [0.717, 1.165) is 28.4 Å². The largest absolute Gasteiger partial charge is 0.345 e. The lowest BCUT2D eigenvalue weighted by molar-refractivity contribution is 0.0891. The maximum absolute atomic E-state index is 12.5. The number of halogens is 1. The molecule has 1 fully saturated rings. The summed E-state index contributed by atoms with van der Waals surface area (Å²) in [4.78, 5) is 13.3. The van der Waals surface area contributed by atoms with Crippen LogP contribution in [0.25, 0.3) is 10.1 Å². The number of fused-ring (bicyclic) bond motifs is 1. The quantitative estimate of drug-likeness (QED) is 0.795. The smallest absolute Gasteiger partial charge is 0.261 e. The molecule has 1 aromatic carbocycles. The molecule has 3 rings (SSSR count). The predicted molar refractivity (Wildman–Crippen MR) is 88.9 cm³/mol. The summed E-state index contributed by atoms with van der Waals surface area (Å²) in [6.45, 7) is 0. The Labute approximate surface area is 131 Å². The van der Waals surface area contributed by atoms with Crippen LogP contribution in [0.15, 0.2) is 30.3 Å².